The molecule has 1 aliphatic heterocycles. The fraction of sp³-hybridized carbons (Fsp3) is 0.857. The van der Waals surface area contributed by atoms with Crippen molar-refractivity contribution in [2.24, 2.45) is 11.8 Å². The largest absolute Gasteiger partial charge is 0.332 e. The Morgan fingerprint density at radius 1 is 0.818 bits per heavy atom. The molecule has 1 aliphatic rings. The molecule has 22 heavy (non-hydrogen) atoms. The van der Waals surface area contributed by atoms with E-state index in [1.54, 1.807) is 14.1 Å². The van der Waals surface area contributed by atoms with Gasteiger partial charge in [0, 0.05) is 14.1 Å². The highest BCUT2D eigenvalue weighted by molar-refractivity contribution is 6.44. The van der Waals surface area contributed by atoms with Crippen molar-refractivity contribution in [3.63, 3.8) is 0 Å². The molecule has 1 rings (SSSR count). The van der Waals surface area contributed by atoms with E-state index in [0.717, 1.165) is 0 Å². The topological polar surface area (TPSA) is 40.6 Å². The van der Waals surface area contributed by atoms with Crippen LogP contribution in [0.3, 0.4) is 0 Å². The quantitative estimate of drug-likeness (QED) is 0.651. The Labute approximate surface area is 152 Å². The molecule has 128 valence electrons. The van der Waals surface area contributed by atoms with Gasteiger partial charge in [-0.25, -0.2) is 0 Å². The minimum absolute atomic E-state index is 0.0912. The van der Waals surface area contributed by atoms with Gasteiger partial charge in [-0.3, -0.25) is 9.59 Å². The molecule has 0 aromatic heterocycles. The van der Waals surface area contributed by atoms with E-state index >= 15 is 0 Å². The van der Waals surface area contributed by atoms with Crippen LogP contribution in [0.15, 0.2) is 0 Å². The number of carbonyl (C=O) groups excluding carboxylic acids is 2. The van der Waals surface area contributed by atoms with Gasteiger partial charge in [0.05, 0.1) is 0 Å². The summed E-state index contributed by atoms with van der Waals surface area (Å²) >= 11 is 23.4. The van der Waals surface area contributed by atoms with Gasteiger partial charge in [-0.1, -0.05) is 13.8 Å². The van der Waals surface area contributed by atoms with Crippen LogP contribution in [0.2, 0.25) is 0 Å². The van der Waals surface area contributed by atoms with Crippen LogP contribution in [0, 0.1) is 11.8 Å². The van der Waals surface area contributed by atoms with Gasteiger partial charge in [0.1, 0.15) is 21.8 Å². The first-order valence-corrected chi connectivity index (χ1v) is 8.92. The first kappa shape index (κ1) is 20.1. The summed E-state index contributed by atoms with van der Waals surface area (Å²) in [5.41, 5.74) is 0. The first-order valence-electron chi connectivity index (χ1n) is 7.17. The molecule has 2 amide bonds. The zero-order chi connectivity index (χ0) is 17.2. The highest BCUT2D eigenvalue weighted by Crippen LogP contribution is 2.29. The summed E-state index contributed by atoms with van der Waals surface area (Å²) in [6.45, 7) is 3.71. The number of carbonyl (C=O) groups is 2. The van der Waals surface area contributed by atoms with Crippen molar-refractivity contribution in [1.29, 1.82) is 0 Å². The average Bonchev–Trinajstić information content (AvgIpc) is 2.45. The van der Waals surface area contributed by atoms with Crippen LogP contribution in [0.25, 0.3) is 0 Å². The van der Waals surface area contributed by atoms with E-state index in [9.17, 15) is 9.59 Å². The number of likely N-dealkylation sites (N-methyl/N-ethyl adjacent to an activating group) is 2. The third-order valence-electron chi connectivity index (χ3n) is 4.25. The third-order valence-corrected chi connectivity index (χ3v) is 5.97. The van der Waals surface area contributed by atoms with E-state index in [2.05, 4.69) is 0 Å². The van der Waals surface area contributed by atoms with Crippen molar-refractivity contribution in [1.82, 2.24) is 9.80 Å². The lowest BCUT2D eigenvalue weighted by Gasteiger charge is -2.43. The smallest absolute Gasteiger partial charge is 0.245 e. The van der Waals surface area contributed by atoms with Gasteiger partial charge < -0.3 is 9.80 Å². The van der Waals surface area contributed by atoms with Gasteiger partial charge in [-0.05, 0) is 24.7 Å². The number of alkyl halides is 4. The molecule has 0 radical (unpaired) electrons. The lowest BCUT2D eigenvalue weighted by Crippen LogP contribution is -2.63. The highest BCUT2D eigenvalue weighted by atomic mass is 35.5. The summed E-state index contributed by atoms with van der Waals surface area (Å²) in [6, 6.07) is -1.08. The molecule has 1 fully saturated rings. The Morgan fingerprint density at radius 2 is 1.09 bits per heavy atom. The fourth-order valence-electron chi connectivity index (χ4n) is 2.54. The van der Waals surface area contributed by atoms with E-state index in [-0.39, 0.29) is 23.7 Å². The van der Waals surface area contributed by atoms with Crippen LogP contribution in [0.4, 0.5) is 0 Å². The Morgan fingerprint density at radius 3 is 1.32 bits per heavy atom. The molecule has 0 bridgehead atoms. The number of piperazine rings is 1. The van der Waals surface area contributed by atoms with Gasteiger partial charge in [-0.2, -0.15) is 0 Å². The summed E-state index contributed by atoms with van der Waals surface area (Å²) in [6.07, 6.45) is 0.859. The van der Waals surface area contributed by atoms with E-state index in [4.69, 9.17) is 46.4 Å². The normalized spacial score (nSPS) is 26.1. The zero-order valence-electron chi connectivity index (χ0n) is 13.1. The molecule has 1 saturated heterocycles. The van der Waals surface area contributed by atoms with E-state index in [1.165, 1.54) is 9.80 Å². The Kier molecular flexibility index (Phi) is 7.58. The molecular formula is C14H22Cl4N2O2. The van der Waals surface area contributed by atoms with E-state index in [0.29, 0.717) is 12.8 Å². The molecule has 4 atom stereocenters. The molecule has 8 heteroatoms. The minimum Gasteiger partial charge on any atom is -0.332 e. The molecule has 0 spiro atoms. The maximum atomic E-state index is 12.6. The lowest BCUT2D eigenvalue weighted by molar-refractivity contribution is -0.159. The van der Waals surface area contributed by atoms with Crippen molar-refractivity contribution < 1.29 is 9.59 Å². The number of rotatable bonds is 6. The van der Waals surface area contributed by atoms with Gasteiger partial charge in [0.15, 0.2) is 0 Å². The Bertz CT molecular complexity index is 382. The molecule has 0 aromatic carbocycles. The van der Waals surface area contributed by atoms with Crippen LogP contribution in [0.1, 0.15) is 26.7 Å². The van der Waals surface area contributed by atoms with Gasteiger partial charge >= 0.3 is 0 Å². The van der Waals surface area contributed by atoms with Crippen LogP contribution in [-0.2, 0) is 9.59 Å². The molecule has 2 unspecified atom stereocenters. The van der Waals surface area contributed by atoms with E-state index in [1.807, 2.05) is 13.8 Å². The predicted molar refractivity (Wildman–Crippen MR) is 91.7 cm³/mol. The monoisotopic (exact) mass is 390 g/mol. The predicted octanol–water partition coefficient (Wildman–Crippen LogP) is 3.31. The second-order valence-corrected chi connectivity index (χ2v) is 8.35. The van der Waals surface area contributed by atoms with Crippen molar-refractivity contribution in [2.75, 3.05) is 14.1 Å². The maximum Gasteiger partial charge on any atom is 0.245 e. The van der Waals surface area contributed by atoms with Crippen LogP contribution >= 0.6 is 46.4 Å². The Balaban J connectivity index is 2.88. The molecule has 4 nitrogen and oxygen atoms in total. The third kappa shape index (κ3) is 4.56. The van der Waals surface area contributed by atoms with Gasteiger partial charge in [-0.15, -0.1) is 46.4 Å². The van der Waals surface area contributed by atoms with Crippen LogP contribution in [0.5, 0.6) is 0 Å². The lowest BCUT2D eigenvalue weighted by atomic mass is 9.93. The molecule has 0 aromatic rings. The summed E-state index contributed by atoms with van der Waals surface area (Å²) in [5, 5.41) is 0. The second kappa shape index (κ2) is 8.27. The zero-order valence-corrected chi connectivity index (χ0v) is 16.1. The molecule has 0 N–H and O–H groups in total. The van der Waals surface area contributed by atoms with Crippen molar-refractivity contribution in [3.8, 4) is 0 Å². The number of hydrogen-bond acceptors (Lipinski definition) is 2. The average molecular weight is 392 g/mol. The van der Waals surface area contributed by atoms with E-state index < -0.39 is 21.8 Å². The van der Waals surface area contributed by atoms with Crippen LogP contribution in [-0.4, -0.2) is 57.5 Å². The van der Waals surface area contributed by atoms with Crippen molar-refractivity contribution >= 4 is 58.2 Å². The SMILES string of the molecule is CC(C[C@H]1C(=O)N(C)[C@@H](CC(C)C(Cl)Cl)C(=O)N1C)C(Cl)Cl. The Hall–Kier alpha value is 0.1000. The fourth-order valence-corrected chi connectivity index (χ4v) is 2.95. The summed E-state index contributed by atoms with van der Waals surface area (Å²) in [5.74, 6) is -0.403. The molecule has 1 heterocycles. The second-order valence-electron chi connectivity index (χ2n) is 6.02. The number of nitrogens with zero attached hydrogens (tertiary/aromatic N) is 2. The van der Waals surface area contributed by atoms with Crippen LogP contribution < -0.4 is 0 Å². The summed E-state index contributed by atoms with van der Waals surface area (Å²) < 4.78 is 0. The van der Waals surface area contributed by atoms with Gasteiger partial charge in [0.25, 0.3) is 0 Å². The number of amides is 2. The highest BCUT2D eigenvalue weighted by Gasteiger charge is 2.43. The first-order chi connectivity index (χ1) is 10.1. The molecule has 0 saturated carbocycles. The van der Waals surface area contributed by atoms with Crippen molar-refractivity contribution in [3.05, 3.63) is 0 Å². The summed E-state index contributed by atoms with van der Waals surface area (Å²) in [7, 11) is 3.28. The van der Waals surface area contributed by atoms with Crippen molar-refractivity contribution in [2.45, 2.75) is 48.4 Å². The number of hydrogen-bond donors (Lipinski definition) is 0. The summed E-state index contributed by atoms with van der Waals surface area (Å²) in [4.78, 5) is 27.0. The molecular weight excluding hydrogens is 370 g/mol. The van der Waals surface area contributed by atoms with Gasteiger partial charge in [0.2, 0.25) is 11.8 Å². The standard InChI is InChI=1S/C14H22Cl4N2O2/c1-7(11(15)16)5-9-13(21)20(4)10(14(22)19(9)3)6-8(2)12(17)18/h7-12H,5-6H2,1-4H3/t7?,8?,9-,10-/m0/s1. The molecule has 0 aliphatic carbocycles. The minimum atomic E-state index is -0.576. The number of halogens is 4. The maximum absolute atomic E-state index is 12.6.